The van der Waals surface area contributed by atoms with E-state index in [-0.39, 0.29) is 11.8 Å². The van der Waals surface area contributed by atoms with Gasteiger partial charge in [-0.3, -0.25) is 4.79 Å². The van der Waals surface area contributed by atoms with E-state index in [0.29, 0.717) is 42.4 Å². The van der Waals surface area contributed by atoms with Crippen molar-refractivity contribution in [3.63, 3.8) is 0 Å². The fourth-order valence-electron chi connectivity index (χ4n) is 3.89. The molecule has 1 amide bonds. The van der Waals surface area contributed by atoms with Crippen LogP contribution in [0.3, 0.4) is 0 Å². The van der Waals surface area contributed by atoms with Crippen LogP contribution in [0.5, 0.6) is 0 Å². The molecule has 8 heteroatoms. The van der Waals surface area contributed by atoms with Crippen LogP contribution >= 0.6 is 0 Å². The molecular formula is C24H27N3O4S. The Balaban J connectivity index is 1.44. The van der Waals surface area contributed by atoms with Crippen molar-refractivity contribution in [3.8, 4) is 22.8 Å². The van der Waals surface area contributed by atoms with Gasteiger partial charge in [-0.25, -0.2) is 17.7 Å². The first-order chi connectivity index (χ1) is 15.3. The number of hydrogen-bond donors (Lipinski definition) is 1. The number of sulfonamides is 1. The van der Waals surface area contributed by atoms with Crippen LogP contribution in [0.1, 0.15) is 28.8 Å². The Hall–Kier alpha value is -2.97. The molecule has 4 rings (SSSR count). The smallest absolute Gasteiger partial charge is 0.252 e. The third-order valence-electron chi connectivity index (χ3n) is 5.84. The van der Waals surface area contributed by atoms with Gasteiger partial charge in [0.1, 0.15) is 0 Å². The number of hydrogen-bond acceptors (Lipinski definition) is 5. The van der Waals surface area contributed by atoms with E-state index >= 15 is 0 Å². The van der Waals surface area contributed by atoms with Crippen LogP contribution in [0.15, 0.2) is 59.1 Å². The number of piperidine rings is 1. The molecule has 1 saturated heterocycles. The summed E-state index contributed by atoms with van der Waals surface area (Å²) in [5.41, 5.74) is 3.22. The molecule has 1 aromatic heterocycles. The summed E-state index contributed by atoms with van der Waals surface area (Å²) in [5, 5.41) is 3.00. The van der Waals surface area contributed by atoms with Gasteiger partial charge in [0.05, 0.1) is 18.0 Å². The van der Waals surface area contributed by atoms with Crippen LogP contribution in [0.4, 0.5) is 0 Å². The van der Waals surface area contributed by atoms with Gasteiger partial charge in [-0.05, 0) is 37.8 Å². The first-order valence-electron chi connectivity index (χ1n) is 10.7. The van der Waals surface area contributed by atoms with Gasteiger partial charge in [-0.15, -0.1) is 0 Å². The molecule has 32 heavy (non-hydrogen) atoms. The highest BCUT2D eigenvalue weighted by Crippen LogP contribution is 2.28. The van der Waals surface area contributed by atoms with Gasteiger partial charge in [-0.2, -0.15) is 0 Å². The highest BCUT2D eigenvalue weighted by Gasteiger charge is 2.25. The number of nitrogens with zero attached hydrogens (tertiary/aromatic N) is 2. The standard InChI is InChI=1S/C24H27N3O4S/c1-17-7-9-19(10-8-17)22-16-26-24(31-22)21-6-4-3-5-20(21)23(28)25-15-18-11-13-27(14-12-18)32(2,29)30/h3-10,16,18H,11-15H2,1-2H3,(H,25,28). The largest absolute Gasteiger partial charge is 0.436 e. The van der Waals surface area contributed by atoms with E-state index in [1.807, 2.05) is 49.4 Å². The lowest BCUT2D eigenvalue weighted by Crippen LogP contribution is -2.41. The fourth-order valence-corrected chi connectivity index (χ4v) is 4.77. The maximum atomic E-state index is 12.9. The van der Waals surface area contributed by atoms with Crippen LogP contribution in [0.2, 0.25) is 0 Å². The summed E-state index contributed by atoms with van der Waals surface area (Å²) in [6.45, 7) is 3.52. The van der Waals surface area contributed by atoms with E-state index < -0.39 is 10.0 Å². The second-order valence-electron chi connectivity index (χ2n) is 8.26. The first kappa shape index (κ1) is 22.2. The minimum absolute atomic E-state index is 0.193. The molecule has 168 valence electrons. The first-order valence-corrected chi connectivity index (χ1v) is 12.5. The number of carbonyl (C=O) groups excluding carboxylic acids is 1. The van der Waals surface area contributed by atoms with E-state index in [4.69, 9.17) is 4.42 Å². The van der Waals surface area contributed by atoms with Crippen LogP contribution in [0.25, 0.3) is 22.8 Å². The topological polar surface area (TPSA) is 92.5 Å². The third kappa shape index (κ3) is 5.08. The van der Waals surface area contributed by atoms with Crippen LogP contribution in [-0.2, 0) is 10.0 Å². The highest BCUT2D eigenvalue weighted by atomic mass is 32.2. The van der Waals surface area contributed by atoms with Gasteiger partial charge >= 0.3 is 0 Å². The SMILES string of the molecule is Cc1ccc(-c2cnc(-c3ccccc3C(=O)NCC3CCN(S(C)(=O)=O)CC3)o2)cc1. The fraction of sp³-hybridized carbons (Fsp3) is 0.333. The number of oxazole rings is 1. The third-order valence-corrected chi connectivity index (χ3v) is 7.14. The highest BCUT2D eigenvalue weighted by molar-refractivity contribution is 7.88. The molecule has 7 nitrogen and oxygen atoms in total. The van der Waals surface area contributed by atoms with Crippen LogP contribution in [-0.4, -0.2) is 49.5 Å². The number of aryl methyl sites for hydroxylation is 1. The van der Waals surface area contributed by atoms with Crippen molar-refractivity contribution in [1.29, 1.82) is 0 Å². The Labute approximate surface area is 188 Å². The van der Waals surface area contributed by atoms with Gasteiger partial charge in [0.15, 0.2) is 5.76 Å². The van der Waals surface area contributed by atoms with E-state index in [1.54, 1.807) is 12.3 Å². The van der Waals surface area contributed by atoms with Crippen molar-refractivity contribution >= 4 is 15.9 Å². The summed E-state index contributed by atoms with van der Waals surface area (Å²) < 4.78 is 30.8. The lowest BCUT2D eigenvalue weighted by atomic mass is 9.98. The molecule has 0 bridgehead atoms. The Morgan fingerprint density at radius 1 is 1.12 bits per heavy atom. The molecule has 0 aliphatic carbocycles. The molecule has 0 radical (unpaired) electrons. The molecule has 2 aromatic carbocycles. The Morgan fingerprint density at radius 2 is 1.81 bits per heavy atom. The van der Waals surface area contributed by atoms with E-state index in [2.05, 4.69) is 10.3 Å². The van der Waals surface area contributed by atoms with Crippen molar-refractivity contribution < 1.29 is 17.6 Å². The van der Waals surface area contributed by atoms with Gasteiger partial charge in [0.25, 0.3) is 5.91 Å². The van der Waals surface area contributed by atoms with Crippen molar-refractivity contribution in [3.05, 3.63) is 65.9 Å². The van der Waals surface area contributed by atoms with Gasteiger partial charge in [-0.1, -0.05) is 42.0 Å². The number of carbonyl (C=O) groups is 1. The molecule has 1 aliphatic heterocycles. The average molecular weight is 454 g/mol. The van der Waals surface area contributed by atoms with E-state index in [9.17, 15) is 13.2 Å². The lowest BCUT2D eigenvalue weighted by molar-refractivity contribution is 0.0942. The number of amides is 1. The molecule has 3 aromatic rings. The minimum Gasteiger partial charge on any atom is -0.436 e. The van der Waals surface area contributed by atoms with Crippen LogP contribution in [0, 0.1) is 12.8 Å². The Morgan fingerprint density at radius 3 is 2.50 bits per heavy atom. The zero-order valence-electron chi connectivity index (χ0n) is 18.2. The second kappa shape index (κ2) is 9.26. The van der Waals surface area contributed by atoms with Gasteiger partial charge in [0.2, 0.25) is 15.9 Å². The van der Waals surface area contributed by atoms with Crippen molar-refractivity contribution in [2.24, 2.45) is 5.92 Å². The Kier molecular flexibility index (Phi) is 6.43. The quantitative estimate of drug-likeness (QED) is 0.614. The summed E-state index contributed by atoms with van der Waals surface area (Å²) >= 11 is 0. The maximum absolute atomic E-state index is 12.9. The maximum Gasteiger partial charge on any atom is 0.252 e. The summed E-state index contributed by atoms with van der Waals surface area (Å²) in [5.74, 6) is 1.10. The van der Waals surface area contributed by atoms with E-state index in [0.717, 1.165) is 24.0 Å². The lowest BCUT2D eigenvalue weighted by Gasteiger charge is -2.30. The zero-order chi connectivity index (χ0) is 22.7. The van der Waals surface area contributed by atoms with Gasteiger partial charge in [0, 0.05) is 30.8 Å². The summed E-state index contributed by atoms with van der Waals surface area (Å²) in [7, 11) is -3.15. The number of rotatable bonds is 6. The van der Waals surface area contributed by atoms with Crippen molar-refractivity contribution in [2.45, 2.75) is 19.8 Å². The average Bonchev–Trinajstić information content (AvgIpc) is 3.28. The molecule has 0 spiro atoms. The molecule has 0 atom stereocenters. The summed E-state index contributed by atoms with van der Waals surface area (Å²) in [6.07, 6.45) is 4.37. The predicted molar refractivity (Wildman–Crippen MR) is 124 cm³/mol. The molecular weight excluding hydrogens is 426 g/mol. The molecule has 1 aliphatic rings. The van der Waals surface area contributed by atoms with E-state index in [1.165, 1.54) is 10.6 Å². The predicted octanol–water partition coefficient (Wildman–Crippen LogP) is 3.72. The zero-order valence-corrected chi connectivity index (χ0v) is 19.1. The minimum atomic E-state index is -3.15. The molecule has 0 unspecified atom stereocenters. The monoisotopic (exact) mass is 453 g/mol. The normalized spacial score (nSPS) is 15.6. The van der Waals surface area contributed by atoms with Crippen LogP contribution < -0.4 is 5.32 Å². The molecule has 2 heterocycles. The molecule has 0 saturated carbocycles. The second-order valence-corrected chi connectivity index (χ2v) is 10.2. The van der Waals surface area contributed by atoms with Crippen molar-refractivity contribution in [1.82, 2.24) is 14.6 Å². The Bertz CT molecular complexity index is 1190. The summed E-state index contributed by atoms with van der Waals surface area (Å²) in [4.78, 5) is 17.3. The number of nitrogens with one attached hydrogen (secondary N) is 1. The molecule has 1 N–H and O–H groups in total. The number of benzene rings is 2. The van der Waals surface area contributed by atoms with Crippen molar-refractivity contribution in [2.75, 3.05) is 25.9 Å². The van der Waals surface area contributed by atoms with Gasteiger partial charge < -0.3 is 9.73 Å². The molecule has 1 fully saturated rings. The number of aromatic nitrogens is 1. The summed E-state index contributed by atoms with van der Waals surface area (Å²) in [6, 6.07) is 15.2.